The van der Waals surface area contributed by atoms with Gasteiger partial charge in [0.1, 0.15) is 11.9 Å². The van der Waals surface area contributed by atoms with E-state index in [4.69, 9.17) is 9.47 Å². The summed E-state index contributed by atoms with van der Waals surface area (Å²) >= 11 is 0. The molecule has 0 saturated carbocycles. The number of aliphatic hydroxyl groups is 1. The molecule has 7 unspecified atom stereocenters. The van der Waals surface area contributed by atoms with Crippen molar-refractivity contribution in [2.75, 3.05) is 13.7 Å². The van der Waals surface area contributed by atoms with Crippen LogP contribution in [0.1, 0.15) is 6.42 Å². The Balaban J connectivity index is 1.47. The van der Waals surface area contributed by atoms with Crippen molar-refractivity contribution in [1.82, 2.24) is 5.43 Å². The molecule has 0 bridgehead atoms. The molecule has 178 valence electrons. The molecule has 9 heteroatoms. The molecule has 0 radical (unpaired) electrons. The average Bonchev–Trinajstić information content (AvgIpc) is 3.24. The summed E-state index contributed by atoms with van der Waals surface area (Å²) in [5.41, 5.74) is 2.16. The number of alkyl halides is 4. The number of nitrogens with zero attached hydrogens (tertiary/aromatic N) is 1. The second-order valence-corrected chi connectivity index (χ2v) is 8.39. The summed E-state index contributed by atoms with van der Waals surface area (Å²) in [5.74, 6) is -1.85. The lowest BCUT2D eigenvalue weighted by molar-refractivity contribution is -0.0619. The molecular weight excluding hydrogens is 440 g/mol. The van der Waals surface area contributed by atoms with E-state index < -0.39 is 48.0 Å². The number of nitrogens with one attached hydrogen (secondary N) is 1. The molecule has 0 fully saturated rings. The lowest BCUT2D eigenvalue weighted by atomic mass is 9.76. The minimum atomic E-state index is -4.61. The Hall–Kier alpha value is -2.65. The Morgan fingerprint density at radius 1 is 1.15 bits per heavy atom. The number of aliphatic hydroxyl groups excluding tert-OH is 1. The fraction of sp³-hybridized carbons (Fsp3) is 0.458. The van der Waals surface area contributed by atoms with E-state index in [9.17, 15) is 22.7 Å². The molecule has 4 aliphatic rings. The zero-order valence-electron chi connectivity index (χ0n) is 18.0. The Kier molecular flexibility index (Phi) is 6.90. The van der Waals surface area contributed by atoms with Gasteiger partial charge >= 0.3 is 6.18 Å². The van der Waals surface area contributed by atoms with Crippen molar-refractivity contribution >= 4 is 5.71 Å². The zero-order chi connectivity index (χ0) is 23.6. The Bertz CT molecular complexity index is 948. The molecule has 0 aromatic heterocycles. The van der Waals surface area contributed by atoms with Gasteiger partial charge in [-0.2, -0.15) is 18.3 Å². The summed E-state index contributed by atoms with van der Waals surface area (Å²) in [5, 5.41) is 14.3. The van der Waals surface area contributed by atoms with Crippen LogP contribution in [0.25, 0.3) is 0 Å². The lowest BCUT2D eigenvalue weighted by Gasteiger charge is -2.33. The van der Waals surface area contributed by atoms with Crippen LogP contribution < -0.4 is 5.43 Å². The molecule has 0 amide bonds. The van der Waals surface area contributed by atoms with Gasteiger partial charge in [0, 0.05) is 18.9 Å². The van der Waals surface area contributed by atoms with Crippen molar-refractivity contribution < 1.29 is 32.1 Å². The van der Waals surface area contributed by atoms with Crippen molar-refractivity contribution in [3.8, 4) is 0 Å². The summed E-state index contributed by atoms with van der Waals surface area (Å²) in [6.45, 7) is 0.0829. The van der Waals surface area contributed by atoms with E-state index in [0.717, 1.165) is 0 Å². The molecule has 1 heterocycles. The molecule has 5 nitrogen and oxygen atoms in total. The first-order chi connectivity index (χ1) is 15.8. The third kappa shape index (κ3) is 5.14. The molecule has 33 heavy (non-hydrogen) atoms. The summed E-state index contributed by atoms with van der Waals surface area (Å²) in [6, 6.07) is -0.803. The first-order valence-corrected chi connectivity index (χ1v) is 10.8. The van der Waals surface area contributed by atoms with Crippen molar-refractivity contribution in [3.63, 3.8) is 0 Å². The Morgan fingerprint density at radius 3 is 2.58 bits per heavy atom. The van der Waals surface area contributed by atoms with Gasteiger partial charge in [-0.3, -0.25) is 0 Å². The molecular formula is C24H26F4N2O3. The van der Waals surface area contributed by atoms with E-state index in [1.165, 1.54) is 12.2 Å². The summed E-state index contributed by atoms with van der Waals surface area (Å²) in [7, 11) is 1.54. The van der Waals surface area contributed by atoms with E-state index in [-0.39, 0.29) is 12.7 Å². The van der Waals surface area contributed by atoms with E-state index in [1.807, 2.05) is 0 Å². The van der Waals surface area contributed by atoms with Crippen LogP contribution in [0.2, 0.25) is 0 Å². The summed E-state index contributed by atoms with van der Waals surface area (Å²) < 4.78 is 65.9. The first-order valence-electron chi connectivity index (χ1n) is 10.8. The maximum atomic E-state index is 13.9. The van der Waals surface area contributed by atoms with Crippen LogP contribution in [0.4, 0.5) is 17.6 Å². The SMILES string of the molecule is COC1C=CC(C2C(C(F)(F)F)=NNC2C2C=CC(OCC3C=CC=CC3F)=CC2O)=CC1. The topological polar surface area (TPSA) is 63.1 Å². The fourth-order valence-corrected chi connectivity index (χ4v) is 4.44. The Morgan fingerprint density at radius 2 is 1.94 bits per heavy atom. The van der Waals surface area contributed by atoms with Gasteiger partial charge in [-0.05, 0) is 30.2 Å². The minimum absolute atomic E-state index is 0.0829. The van der Waals surface area contributed by atoms with Gasteiger partial charge in [0.15, 0.2) is 5.71 Å². The standard InChI is InChI=1S/C24H26F4N2O3/c1-32-16-8-6-14(7-9-16)21-22(29-30-23(21)24(26,27)28)18-11-10-17(12-20(18)31)33-13-15-4-2-3-5-19(15)25/h2-8,10-12,15-16,18-22,29,31H,9,13H2,1H3. The van der Waals surface area contributed by atoms with E-state index >= 15 is 0 Å². The van der Waals surface area contributed by atoms with Crippen molar-refractivity contribution in [2.24, 2.45) is 22.9 Å². The number of allylic oxidation sites excluding steroid dienone is 5. The maximum Gasteiger partial charge on any atom is 0.431 e. The van der Waals surface area contributed by atoms with Crippen LogP contribution in [-0.4, -0.2) is 55.1 Å². The largest absolute Gasteiger partial charge is 0.493 e. The van der Waals surface area contributed by atoms with Crippen molar-refractivity contribution in [3.05, 3.63) is 72.1 Å². The van der Waals surface area contributed by atoms with Crippen molar-refractivity contribution in [1.29, 1.82) is 0 Å². The van der Waals surface area contributed by atoms with Crippen LogP contribution >= 0.6 is 0 Å². The van der Waals surface area contributed by atoms with Crippen LogP contribution in [0, 0.1) is 17.8 Å². The number of hydrogen-bond donors (Lipinski definition) is 2. The molecule has 0 aromatic carbocycles. The molecule has 7 atom stereocenters. The minimum Gasteiger partial charge on any atom is -0.493 e. The third-order valence-corrected chi connectivity index (χ3v) is 6.27. The number of hydrazone groups is 1. The number of halogens is 4. The first kappa shape index (κ1) is 23.5. The van der Waals surface area contributed by atoms with Gasteiger partial charge in [0.2, 0.25) is 0 Å². The predicted octanol–water partition coefficient (Wildman–Crippen LogP) is 3.92. The van der Waals surface area contributed by atoms with E-state index in [0.29, 0.717) is 17.8 Å². The van der Waals surface area contributed by atoms with Gasteiger partial charge in [-0.25, -0.2) is 4.39 Å². The van der Waals surface area contributed by atoms with Crippen LogP contribution in [0.3, 0.4) is 0 Å². The van der Waals surface area contributed by atoms with Gasteiger partial charge in [0.25, 0.3) is 0 Å². The van der Waals surface area contributed by atoms with E-state index in [1.54, 1.807) is 55.7 Å². The average molecular weight is 466 g/mol. The highest BCUT2D eigenvalue weighted by Crippen LogP contribution is 2.39. The second-order valence-electron chi connectivity index (χ2n) is 8.39. The lowest BCUT2D eigenvalue weighted by Crippen LogP contribution is -2.45. The molecule has 4 rings (SSSR count). The van der Waals surface area contributed by atoms with Gasteiger partial charge in [-0.1, -0.05) is 42.5 Å². The van der Waals surface area contributed by atoms with Gasteiger partial charge in [-0.15, -0.1) is 0 Å². The van der Waals surface area contributed by atoms with Gasteiger partial charge < -0.3 is 20.0 Å². The second kappa shape index (κ2) is 9.69. The van der Waals surface area contributed by atoms with Crippen molar-refractivity contribution in [2.45, 2.75) is 37.0 Å². The monoisotopic (exact) mass is 466 g/mol. The molecule has 2 N–H and O–H groups in total. The van der Waals surface area contributed by atoms with Crippen LogP contribution in [0.5, 0.6) is 0 Å². The molecule has 0 saturated heterocycles. The normalized spacial score (nSPS) is 35.7. The Labute approximate surface area is 189 Å². The third-order valence-electron chi connectivity index (χ3n) is 6.27. The van der Waals surface area contributed by atoms with Crippen LogP contribution in [-0.2, 0) is 9.47 Å². The summed E-state index contributed by atoms with van der Waals surface area (Å²) in [4.78, 5) is 0. The highest BCUT2D eigenvalue weighted by Gasteiger charge is 2.51. The molecule has 0 aromatic rings. The number of hydrogen-bond acceptors (Lipinski definition) is 5. The fourth-order valence-electron chi connectivity index (χ4n) is 4.44. The zero-order valence-corrected chi connectivity index (χ0v) is 18.0. The maximum absolute atomic E-state index is 13.9. The van der Waals surface area contributed by atoms with Crippen LogP contribution in [0.15, 0.2) is 77.2 Å². The molecule has 1 aliphatic heterocycles. The highest BCUT2D eigenvalue weighted by molar-refractivity contribution is 5.96. The quantitative estimate of drug-likeness (QED) is 0.583. The van der Waals surface area contributed by atoms with Gasteiger partial charge in [0.05, 0.1) is 30.8 Å². The predicted molar refractivity (Wildman–Crippen MR) is 116 cm³/mol. The number of ether oxygens (including phenoxy) is 2. The summed E-state index contributed by atoms with van der Waals surface area (Å²) in [6.07, 6.45) is 9.67. The number of methoxy groups -OCH3 is 1. The highest BCUT2D eigenvalue weighted by atomic mass is 19.4. The smallest absolute Gasteiger partial charge is 0.431 e. The van der Waals surface area contributed by atoms with E-state index in [2.05, 4.69) is 10.5 Å². The molecule has 0 spiro atoms. The number of rotatable bonds is 6. The molecule has 3 aliphatic carbocycles.